The van der Waals surface area contributed by atoms with Gasteiger partial charge in [0.05, 0.1) is 6.33 Å². The Kier molecular flexibility index (Phi) is 2.86. The van der Waals surface area contributed by atoms with Gasteiger partial charge in [0.25, 0.3) is 5.56 Å². The van der Waals surface area contributed by atoms with Gasteiger partial charge in [-0.3, -0.25) is 9.36 Å². The van der Waals surface area contributed by atoms with Gasteiger partial charge in [-0.2, -0.15) is 0 Å². The number of hydrogen-bond acceptors (Lipinski definition) is 3. The van der Waals surface area contributed by atoms with Crippen molar-refractivity contribution in [2.75, 3.05) is 13.2 Å². The van der Waals surface area contributed by atoms with Crippen LogP contribution in [0.3, 0.4) is 0 Å². The van der Waals surface area contributed by atoms with Crippen LogP contribution in [0.4, 0.5) is 0 Å². The van der Waals surface area contributed by atoms with E-state index >= 15 is 0 Å². The second-order valence-corrected chi connectivity index (χ2v) is 4.01. The zero-order chi connectivity index (χ0) is 10.8. The van der Waals surface area contributed by atoms with Crippen LogP contribution in [0.5, 0.6) is 0 Å². The van der Waals surface area contributed by atoms with E-state index in [-0.39, 0.29) is 11.6 Å². The standard InChI is InChI=1S/C11H16N2O2/c1-8-9(2)12-7-13(11(8)14)10-3-5-15-6-4-10/h7,10H,3-6H2,1-2H3. The van der Waals surface area contributed by atoms with E-state index in [1.807, 2.05) is 13.8 Å². The molecule has 1 saturated heterocycles. The highest BCUT2D eigenvalue weighted by molar-refractivity contribution is 5.13. The summed E-state index contributed by atoms with van der Waals surface area (Å²) in [5.41, 5.74) is 1.67. The zero-order valence-electron chi connectivity index (χ0n) is 9.19. The SMILES string of the molecule is Cc1ncn(C2CCOCC2)c(=O)c1C. The molecule has 0 amide bonds. The van der Waals surface area contributed by atoms with Crippen molar-refractivity contribution < 1.29 is 4.74 Å². The Labute approximate surface area is 88.9 Å². The van der Waals surface area contributed by atoms with E-state index < -0.39 is 0 Å². The molecule has 0 radical (unpaired) electrons. The van der Waals surface area contributed by atoms with Crippen LogP contribution in [0.15, 0.2) is 11.1 Å². The molecule has 0 aromatic carbocycles. The van der Waals surface area contributed by atoms with Gasteiger partial charge >= 0.3 is 0 Å². The van der Waals surface area contributed by atoms with Gasteiger partial charge in [0.15, 0.2) is 0 Å². The average molecular weight is 208 g/mol. The van der Waals surface area contributed by atoms with E-state index in [4.69, 9.17) is 4.74 Å². The van der Waals surface area contributed by atoms with Crippen LogP contribution in [-0.4, -0.2) is 22.8 Å². The summed E-state index contributed by atoms with van der Waals surface area (Å²) in [6.07, 6.45) is 3.48. The van der Waals surface area contributed by atoms with Crippen molar-refractivity contribution in [2.24, 2.45) is 0 Å². The smallest absolute Gasteiger partial charge is 0.256 e. The quantitative estimate of drug-likeness (QED) is 0.696. The summed E-state index contributed by atoms with van der Waals surface area (Å²) in [4.78, 5) is 16.2. The van der Waals surface area contributed by atoms with Crippen molar-refractivity contribution in [3.8, 4) is 0 Å². The van der Waals surface area contributed by atoms with E-state index in [0.29, 0.717) is 0 Å². The highest BCUT2D eigenvalue weighted by Gasteiger charge is 2.17. The van der Waals surface area contributed by atoms with Crippen LogP contribution >= 0.6 is 0 Å². The average Bonchev–Trinajstić information content (AvgIpc) is 2.27. The van der Waals surface area contributed by atoms with Crippen molar-refractivity contribution in [1.29, 1.82) is 0 Å². The van der Waals surface area contributed by atoms with Gasteiger partial charge < -0.3 is 4.74 Å². The number of nitrogens with zero attached hydrogens (tertiary/aromatic N) is 2. The highest BCUT2D eigenvalue weighted by atomic mass is 16.5. The van der Waals surface area contributed by atoms with Gasteiger partial charge in [-0.05, 0) is 26.7 Å². The minimum atomic E-state index is 0.0920. The fourth-order valence-corrected chi connectivity index (χ4v) is 1.87. The molecule has 1 aliphatic rings. The minimum absolute atomic E-state index is 0.0920. The molecule has 4 heteroatoms. The lowest BCUT2D eigenvalue weighted by atomic mass is 10.1. The highest BCUT2D eigenvalue weighted by Crippen LogP contribution is 2.18. The third kappa shape index (κ3) is 1.95. The van der Waals surface area contributed by atoms with Crippen molar-refractivity contribution in [3.63, 3.8) is 0 Å². The van der Waals surface area contributed by atoms with Gasteiger partial charge in [0, 0.05) is 30.5 Å². The summed E-state index contributed by atoms with van der Waals surface area (Å²) in [5, 5.41) is 0. The third-order valence-electron chi connectivity index (χ3n) is 3.06. The van der Waals surface area contributed by atoms with Crippen molar-refractivity contribution in [3.05, 3.63) is 27.9 Å². The van der Waals surface area contributed by atoms with Crippen molar-refractivity contribution >= 4 is 0 Å². The molecule has 1 fully saturated rings. The minimum Gasteiger partial charge on any atom is -0.381 e. The van der Waals surface area contributed by atoms with Gasteiger partial charge in [0.1, 0.15) is 0 Å². The fourth-order valence-electron chi connectivity index (χ4n) is 1.87. The van der Waals surface area contributed by atoms with E-state index in [1.165, 1.54) is 0 Å². The van der Waals surface area contributed by atoms with Crippen LogP contribution in [0.2, 0.25) is 0 Å². The molecule has 1 aromatic rings. The molecule has 0 aliphatic carbocycles. The lowest BCUT2D eigenvalue weighted by molar-refractivity contribution is 0.0683. The summed E-state index contributed by atoms with van der Waals surface area (Å²) < 4.78 is 7.03. The number of rotatable bonds is 1. The van der Waals surface area contributed by atoms with Crippen molar-refractivity contribution in [1.82, 2.24) is 9.55 Å². The maximum atomic E-state index is 12.0. The molecular weight excluding hydrogens is 192 g/mol. The van der Waals surface area contributed by atoms with E-state index in [9.17, 15) is 4.79 Å². The maximum Gasteiger partial charge on any atom is 0.256 e. The Morgan fingerprint density at radius 1 is 1.40 bits per heavy atom. The number of hydrogen-bond donors (Lipinski definition) is 0. The zero-order valence-corrected chi connectivity index (χ0v) is 9.19. The number of aryl methyl sites for hydroxylation is 1. The van der Waals surface area contributed by atoms with E-state index in [0.717, 1.165) is 37.3 Å². The molecule has 2 rings (SSSR count). The Morgan fingerprint density at radius 2 is 2.07 bits per heavy atom. The Morgan fingerprint density at radius 3 is 2.73 bits per heavy atom. The van der Waals surface area contributed by atoms with E-state index in [2.05, 4.69) is 4.98 Å². The molecule has 1 aliphatic heterocycles. The van der Waals surface area contributed by atoms with Gasteiger partial charge in [-0.15, -0.1) is 0 Å². The van der Waals surface area contributed by atoms with Crippen molar-refractivity contribution in [2.45, 2.75) is 32.7 Å². The molecule has 0 bridgehead atoms. The molecule has 1 aromatic heterocycles. The molecule has 0 saturated carbocycles. The van der Waals surface area contributed by atoms with Gasteiger partial charge in [-0.1, -0.05) is 0 Å². The normalized spacial score (nSPS) is 18.0. The lowest BCUT2D eigenvalue weighted by Gasteiger charge is -2.24. The first-order chi connectivity index (χ1) is 7.20. The van der Waals surface area contributed by atoms with Crippen LogP contribution in [0.1, 0.15) is 30.1 Å². The van der Waals surface area contributed by atoms with Crippen LogP contribution in [-0.2, 0) is 4.74 Å². The third-order valence-corrected chi connectivity index (χ3v) is 3.06. The summed E-state index contributed by atoms with van der Waals surface area (Å²) in [5.74, 6) is 0. The van der Waals surface area contributed by atoms with Crippen LogP contribution in [0, 0.1) is 13.8 Å². The summed E-state index contributed by atoms with van der Waals surface area (Å²) in [7, 11) is 0. The first-order valence-corrected chi connectivity index (χ1v) is 5.32. The number of ether oxygens (including phenoxy) is 1. The first-order valence-electron chi connectivity index (χ1n) is 5.32. The topological polar surface area (TPSA) is 44.1 Å². The lowest BCUT2D eigenvalue weighted by Crippen LogP contribution is -2.31. The van der Waals surface area contributed by atoms with E-state index in [1.54, 1.807) is 10.9 Å². The molecule has 4 nitrogen and oxygen atoms in total. The summed E-state index contributed by atoms with van der Waals surface area (Å²) >= 11 is 0. The molecular formula is C11H16N2O2. The predicted octanol–water partition coefficient (Wildman–Crippen LogP) is 1.21. The molecule has 0 atom stereocenters. The molecule has 0 unspecified atom stereocenters. The van der Waals surface area contributed by atoms with Crippen LogP contribution < -0.4 is 5.56 Å². The summed E-state index contributed by atoms with van der Waals surface area (Å²) in [6.45, 7) is 5.18. The summed E-state index contributed by atoms with van der Waals surface area (Å²) in [6, 6.07) is 0.262. The molecule has 0 spiro atoms. The number of aromatic nitrogens is 2. The van der Waals surface area contributed by atoms with Crippen LogP contribution in [0.25, 0.3) is 0 Å². The largest absolute Gasteiger partial charge is 0.381 e. The monoisotopic (exact) mass is 208 g/mol. The second-order valence-electron chi connectivity index (χ2n) is 4.01. The molecule has 82 valence electrons. The second kappa shape index (κ2) is 4.14. The predicted molar refractivity (Wildman–Crippen MR) is 57.1 cm³/mol. The fraction of sp³-hybridized carbons (Fsp3) is 0.636. The Bertz CT molecular complexity index is 406. The molecule has 2 heterocycles. The Hall–Kier alpha value is -1.16. The molecule has 15 heavy (non-hydrogen) atoms. The maximum absolute atomic E-state index is 12.0. The first kappa shape index (κ1) is 10.4. The van der Waals surface area contributed by atoms with Gasteiger partial charge in [0.2, 0.25) is 0 Å². The molecule has 0 N–H and O–H groups in total. The Balaban J connectivity index is 2.35. The van der Waals surface area contributed by atoms with Gasteiger partial charge in [-0.25, -0.2) is 4.98 Å².